The molecule has 0 aliphatic carbocycles. The Labute approximate surface area is 118 Å². The van der Waals surface area contributed by atoms with Crippen LogP contribution in [-0.2, 0) is 21.8 Å². The van der Waals surface area contributed by atoms with Gasteiger partial charge in [0.2, 0.25) is 10.0 Å². The number of hydrogen-bond acceptors (Lipinski definition) is 4. The zero-order valence-corrected chi connectivity index (χ0v) is 12.3. The number of nitrogens with zero attached hydrogens (tertiary/aromatic N) is 2. The molecule has 0 spiro atoms. The normalized spacial score (nSPS) is 11.8. The Morgan fingerprint density at radius 3 is 2.70 bits per heavy atom. The van der Waals surface area contributed by atoms with Crippen molar-refractivity contribution in [3.63, 3.8) is 0 Å². The lowest BCUT2D eigenvalue weighted by Gasteiger charge is -2.19. The molecule has 1 heterocycles. The summed E-state index contributed by atoms with van der Waals surface area (Å²) in [6, 6.07) is 1.14. The topological polar surface area (TPSA) is 88.8 Å². The summed E-state index contributed by atoms with van der Waals surface area (Å²) in [4.78, 5) is 10.9. The highest BCUT2D eigenvalue weighted by Gasteiger charge is 2.26. The lowest BCUT2D eigenvalue weighted by atomic mass is 10.4. The molecule has 20 heavy (non-hydrogen) atoms. The number of carboxylic acids is 1. The number of carbonyl (C=O) groups is 1. The SMILES string of the molecule is C=CCN(CCOC)S(=O)(=O)c1cc(C(=O)O)n(C)c1. The van der Waals surface area contributed by atoms with Gasteiger partial charge in [-0.2, -0.15) is 4.31 Å². The van der Waals surface area contributed by atoms with Gasteiger partial charge in [-0.15, -0.1) is 6.58 Å². The van der Waals surface area contributed by atoms with Gasteiger partial charge in [0, 0.05) is 33.4 Å². The van der Waals surface area contributed by atoms with Crippen molar-refractivity contribution in [1.29, 1.82) is 0 Å². The quantitative estimate of drug-likeness (QED) is 0.708. The average molecular weight is 302 g/mol. The van der Waals surface area contributed by atoms with Crippen LogP contribution in [0.15, 0.2) is 29.8 Å². The Morgan fingerprint density at radius 1 is 1.60 bits per heavy atom. The molecule has 0 aliphatic heterocycles. The molecule has 1 N–H and O–H groups in total. The highest BCUT2D eigenvalue weighted by molar-refractivity contribution is 7.89. The molecule has 7 nitrogen and oxygen atoms in total. The Balaban J connectivity index is 3.15. The molecule has 0 saturated carbocycles. The fraction of sp³-hybridized carbons (Fsp3) is 0.417. The molecule has 1 aromatic rings. The van der Waals surface area contributed by atoms with E-state index in [1.54, 1.807) is 0 Å². The number of sulfonamides is 1. The summed E-state index contributed by atoms with van der Waals surface area (Å²) in [5.74, 6) is -1.18. The fourth-order valence-electron chi connectivity index (χ4n) is 1.68. The van der Waals surface area contributed by atoms with Crippen molar-refractivity contribution in [2.75, 3.05) is 26.8 Å². The summed E-state index contributed by atoms with van der Waals surface area (Å²) in [5, 5.41) is 8.96. The van der Waals surface area contributed by atoms with Crippen LogP contribution in [0.25, 0.3) is 0 Å². The average Bonchev–Trinajstić information content (AvgIpc) is 2.77. The molecule has 112 valence electrons. The van der Waals surface area contributed by atoms with Crippen LogP contribution in [0.5, 0.6) is 0 Å². The summed E-state index contributed by atoms with van der Waals surface area (Å²) in [6.07, 6.45) is 2.75. The maximum Gasteiger partial charge on any atom is 0.352 e. The summed E-state index contributed by atoms with van der Waals surface area (Å²) >= 11 is 0. The van der Waals surface area contributed by atoms with Crippen molar-refractivity contribution in [3.8, 4) is 0 Å². The number of methoxy groups -OCH3 is 1. The van der Waals surface area contributed by atoms with Crippen molar-refractivity contribution in [3.05, 3.63) is 30.6 Å². The van der Waals surface area contributed by atoms with E-state index in [4.69, 9.17) is 9.84 Å². The molecule has 0 radical (unpaired) electrons. The Bertz CT molecular complexity index is 591. The number of carboxylic acid groups (broad SMARTS) is 1. The second kappa shape index (κ2) is 6.69. The third-order valence-corrected chi connectivity index (χ3v) is 4.54. The van der Waals surface area contributed by atoms with Crippen molar-refractivity contribution in [1.82, 2.24) is 8.87 Å². The van der Waals surface area contributed by atoms with Gasteiger partial charge in [-0.05, 0) is 6.07 Å². The van der Waals surface area contributed by atoms with Crippen LogP contribution in [0.2, 0.25) is 0 Å². The minimum Gasteiger partial charge on any atom is -0.477 e. The molecule has 0 fully saturated rings. The van der Waals surface area contributed by atoms with Gasteiger partial charge in [0.1, 0.15) is 10.6 Å². The highest BCUT2D eigenvalue weighted by Crippen LogP contribution is 2.18. The van der Waals surface area contributed by atoms with Gasteiger partial charge in [-0.3, -0.25) is 0 Å². The van der Waals surface area contributed by atoms with Crippen LogP contribution in [0, 0.1) is 0 Å². The van der Waals surface area contributed by atoms with Crippen LogP contribution in [0.3, 0.4) is 0 Å². The summed E-state index contributed by atoms with van der Waals surface area (Å²) in [7, 11) is -0.815. The van der Waals surface area contributed by atoms with E-state index in [1.165, 1.54) is 35.3 Å². The van der Waals surface area contributed by atoms with Gasteiger partial charge in [0.15, 0.2) is 0 Å². The van der Waals surface area contributed by atoms with E-state index in [0.29, 0.717) is 0 Å². The van der Waals surface area contributed by atoms with Crippen LogP contribution < -0.4 is 0 Å². The molecule has 1 aromatic heterocycles. The van der Waals surface area contributed by atoms with Crippen molar-refractivity contribution < 1.29 is 23.1 Å². The maximum absolute atomic E-state index is 12.4. The monoisotopic (exact) mass is 302 g/mol. The first-order valence-electron chi connectivity index (χ1n) is 5.84. The van der Waals surface area contributed by atoms with Gasteiger partial charge >= 0.3 is 5.97 Å². The van der Waals surface area contributed by atoms with Crippen LogP contribution in [-0.4, -0.2) is 55.2 Å². The molecular weight excluding hydrogens is 284 g/mol. The highest BCUT2D eigenvalue weighted by atomic mass is 32.2. The van der Waals surface area contributed by atoms with Gasteiger partial charge in [-0.25, -0.2) is 13.2 Å². The lowest BCUT2D eigenvalue weighted by molar-refractivity contribution is 0.0686. The smallest absolute Gasteiger partial charge is 0.352 e. The van der Waals surface area contributed by atoms with Crippen LogP contribution in [0.4, 0.5) is 0 Å². The number of aryl methyl sites for hydroxylation is 1. The summed E-state index contributed by atoms with van der Waals surface area (Å²) < 4.78 is 32.2. The van der Waals surface area contributed by atoms with Crippen LogP contribution >= 0.6 is 0 Å². The molecule has 1 rings (SSSR count). The minimum atomic E-state index is -3.77. The second-order valence-corrected chi connectivity index (χ2v) is 6.06. The van der Waals surface area contributed by atoms with Gasteiger partial charge in [0.25, 0.3) is 0 Å². The van der Waals surface area contributed by atoms with Gasteiger partial charge < -0.3 is 14.4 Å². The van der Waals surface area contributed by atoms with Gasteiger partial charge in [-0.1, -0.05) is 6.08 Å². The third-order valence-electron chi connectivity index (χ3n) is 2.71. The van der Waals surface area contributed by atoms with Crippen molar-refractivity contribution >= 4 is 16.0 Å². The number of rotatable bonds is 8. The molecular formula is C12H18N2O5S. The first-order valence-corrected chi connectivity index (χ1v) is 7.28. The number of hydrogen-bond donors (Lipinski definition) is 1. The first-order chi connectivity index (χ1) is 9.34. The van der Waals surface area contributed by atoms with E-state index in [9.17, 15) is 13.2 Å². The number of aromatic nitrogens is 1. The Hall–Kier alpha value is -1.64. The zero-order chi connectivity index (χ0) is 15.3. The molecule has 0 atom stereocenters. The van der Waals surface area contributed by atoms with E-state index in [-0.39, 0.29) is 30.3 Å². The Kier molecular flexibility index (Phi) is 5.49. The zero-order valence-electron chi connectivity index (χ0n) is 11.4. The van der Waals surface area contributed by atoms with E-state index in [2.05, 4.69) is 6.58 Å². The predicted octanol–water partition coefficient (Wildman–Crippen LogP) is 0.546. The number of ether oxygens (including phenoxy) is 1. The fourth-order valence-corrected chi connectivity index (χ4v) is 3.15. The standard InChI is InChI=1S/C12H18N2O5S/c1-4-5-14(6-7-19-3)20(17,18)10-8-11(12(15)16)13(2)9-10/h4,8-9H,1,5-7H2,2-3H3,(H,15,16). The lowest BCUT2D eigenvalue weighted by Crippen LogP contribution is -2.33. The van der Waals surface area contributed by atoms with E-state index in [1.807, 2.05) is 0 Å². The maximum atomic E-state index is 12.4. The van der Waals surface area contributed by atoms with E-state index < -0.39 is 16.0 Å². The van der Waals surface area contributed by atoms with E-state index >= 15 is 0 Å². The number of aromatic carboxylic acids is 1. The predicted molar refractivity (Wildman–Crippen MR) is 73.2 cm³/mol. The van der Waals surface area contributed by atoms with Crippen molar-refractivity contribution in [2.24, 2.45) is 7.05 Å². The largest absolute Gasteiger partial charge is 0.477 e. The van der Waals surface area contributed by atoms with Gasteiger partial charge in [0.05, 0.1) is 6.61 Å². The summed E-state index contributed by atoms with van der Waals surface area (Å²) in [5.41, 5.74) is -0.0890. The van der Waals surface area contributed by atoms with Crippen molar-refractivity contribution in [2.45, 2.75) is 4.90 Å². The Morgan fingerprint density at radius 2 is 2.25 bits per heavy atom. The third kappa shape index (κ3) is 3.47. The molecule has 0 saturated heterocycles. The molecule has 0 amide bonds. The van der Waals surface area contributed by atoms with E-state index in [0.717, 1.165) is 6.07 Å². The molecule has 0 unspecified atom stereocenters. The molecule has 0 aliphatic rings. The minimum absolute atomic E-state index is 0.0599. The molecule has 0 aromatic carbocycles. The van der Waals surface area contributed by atoms with Crippen LogP contribution in [0.1, 0.15) is 10.5 Å². The molecule has 0 bridgehead atoms. The summed E-state index contributed by atoms with van der Waals surface area (Å²) in [6.45, 7) is 4.06. The molecule has 8 heteroatoms. The first kappa shape index (κ1) is 16.4. The second-order valence-electron chi connectivity index (χ2n) is 4.12.